The van der Waals surface area contributed by atoms with Crippen molar-refractivity contribution in [1.29, 1.82) is 0 Å². The second kappa shape index (κ2) is 10.9. The Bertz CT molecular complexity index is 1180. The first-order chi connectivity index (χ1) is 16.1. The van der Waals surface area contributed by atoms with E-state index < -0.39 is 0 Å². The number of rotatable bonds is 12. The molecule has 0 bridgehead atoms. The Labute approximate surface area is 194 Å². The van der Waals surface area contributed by atoms with E-state index in [0.29, 0.717) is 35.9 Å². The van der Waals surface area contributed by atoms with Crippen molar-refractivity contribution >= 4 is 16.8 Å². The van der Waals surface area contributed by atoms with Crippen LogP contribution in [0.3, 0.4) is 0 Å². The highest BCUT2D eigenvalue weighted by atomic mass is 16.5. The van der Waals surface area contributed by atoms with Gasteiger partial charge in [0.25, 0.3) is 0 Å². The maximum atomic E-state index is 12.6. The molecule has 2 heterocycles. The Morgan fingerprint density at radius 1 is 1.03 bits per heavy atom. The zero-order chi connectivity index (χ0) is 23.0. The molecule has 2 aromatic heterocycles. The van der Waals surface area contributed by atoms with Gasteiger partial charge in [-0.05, 0) is 56.7 Å². The molecular weight excluding hydrogens is 416 g/mol. The van der Waals surface area contributed by atoms with E-state index in [9.17, 15) is 4.79 Å². The predicted molar refractivity (Wildman–Crippen MR) is 128 cm³/mol. The van der Waals surface area contributed by atoms with Crippen molar-refractivity contribution in [1.82, 2.24) is 9.55 Å². The quantitative estimate of drug-likeness (QED) is 0.197. The topological polar surface area (TPSA) is 66.5 Å². The van der Waals surface area contributed by atoms with Crippen molar-refractivity contribution in [3.8, 4) is 11.5 Å². The molecule has 0 fully saturated rings. The lowest BCUT2D eigenvalue weighted by Crippen LogP contribution is -2.10. The lowest BCUT2D eigenvalue weighted by molar-refractivity contribution is 0.101. The van der Waals surface area contributed by atoms with Gasteiger partial charge in [0.15, 0.2) is 17.1 Å². The fourth-order valence-electron chi connectivity index (χ4n) is 4.08. The average molecular weight is 447 g/mol. The molecule has 0 saturated heterocycles. The van der Waals surface area contributed by atoms with Gasteiger partial charge in [0, 0.05) is 24.3 Å². The molecule has 4 rings (SSSR count). The summed E-state index contributed by atoms with van der Waals surface area (Å²) in [5.74, 6) is 0.969. The van der Waals surface area contributed by atoms with Gasteiger partial charge in [-0.15, -0.1) is 0 Å². The number of aryl methyl sites for hydroxylation is 3. The summed E-state index contributed by atoms with van der Waals surface area (Å²) in [7, 11) is 0. The van der Waals surface area contributed by atoms with Crippen LogP contribution in [0.25, 0.3) is 11.0 Å². The van der Waals surface area contributed by atoms with E-state index in [2.05, 4.69) is 17.1 Å². The highest BCUT2D eigenvalue weighted by molar-refractivity contribution is 6.05. The van der Waals surface area contributed by atoms with Crippen molar-refractivity contribution in [3.63, 3.8) is 0 Å². The summed E-state index contributed by atoms with van der Waals surface area (Å²) in [5.41, 5.74) is 3.32. The van der Waals surface area contributed by atoms with Crippen LogP contribution < -0.4 is 9.47 Å². The van der Waals surface area contributed by atoms with Crippen LogP contribution in [0.15, 0.2) is 65.8 Å². The van der Waals surface area contributed by atoms with Gasteiger partial charge in [-0.25, -0.2) is 4.98 Å². The summed E-state index contributed by atoms with van der Waals surface area (Å²) in [6.45, 7) is 5.37. The molecule has 0 aliphatic heterocycles. The van der Waals surface area contributed by atoms with Crippen molar-refractivity contribution in [2.75, 3.05) is 13.2 Å². The Kier molecular flexibility index (Phi) is 7.45. The number of fused-ring (bicyclic) bond motifs is 1. The molecule has 33 heavy (non-hydrogen) atoms. The van der Waals surface area contributed by atoms with Crippen molar-refractivity contribution < 1.29 is 18.7 Å². The van der Waals surface area contributed by atoms with Crippen LogP contribution in [0.4, 0.5) is 0 Å². The SMILES string of the molecule is CC(=O)c1c(OCCCCn2ccnc2)c(OCCCc2ccccc2)c2occc2c1C. The summed E-state index contributed by atoms with van der Waals surface area (Å²) >= 11 is 0. The predicted octanol–water partition coefficient (Wildman–Crippen LogP) is 6.01. The Balaban J connectivity index is 1.49. The first kappa shape index (κ1) is 22.6. The molecule has 0 spiro atoms. The zero-order valence-corrected chi connectivity index (χ0v) is 19.3. The highest BCUT2D eigenvalue weighted by Crippen LogP contribution is 2.43. The third kappa shape index (κ3) is 5.45. The monoisotopic (exact) mass is 446 g/mol. The van der Waals surface area contributed by atoms with Gasteiger partial charge < -0.3 is 18.5 Å². The van der Waals surface area contributed by atoms with E-state index >= 15 is 0 Å². The second-order valence-corrected chi connectivity index (χ2v) is 8.17. The number of benzene rings is 2. The lowest BCUT2D eigenvalue weighted by Gasteiger charge is -2.18. The second-order valence-electron chi connectivity index (χ2n) is 8.17. The van der Waals surface area contributed by atoms with Crippen LogP contribution in [0.1, 0.15) is 47.7 Å². The highest BCUT2D eigenvalue weighted by Gasteiger charge is 2.24. The van der Waals surface area contributed by atoms with Crippen LogP contribution in [0, 0.1) is 6.92 Å². The minimum absolute atomic E-state index is 0.0434. The molecule has 0 radical (unpaired) electrons. The molecule has 0 aliphatic rings. The summed E-state index contributed by atoms with van der Waals surface area (Å²) in [6, 6.07) is 12.2. The molecular formula is C27H30N2O4. The molecule has 0 saturated carbocycles. The number of carbonyl (C=O) groups is 1. The summed E-state index contributed by atoms with van der Waals surface area (Å²) in [5, 5.41) is 0.880. The normalized spacial score (nSPS) is 11.1. The number of furan rings is 1. The number of carbonyl (C=O) groups excluding carboxylic acids is 1. The van der Waals surface area contributed by atoms with Gasteiger partial charge in [-0.2, -0.15) is 0 Å². The maximum Gasteiger partial charge on any atom is 0.205 e. The van der Waals surface area contributed by atoms with Crippen LogP contribution in [-0.2, 0) is 13.0 Å². The van der Waals surface area contributed by atoms with Crippen molar-refractivity contribution in [2.45, 2.75) is 46.1 Å². The molecule has 4 aromatic rings. The summed E-state index contributed by atoms with van der Waals surface area (Å²) < 4.78 is 20.2. The Morgan fingerprint density at radius 3 is 2.58 bits per heavy atom. The third-order valence-electron chi connectivity index (χ3n) is 5.75. The van der Waals surface area contributed by atoms with Crippen molar-refractivity contribution in [3.05, 3.63) is 78.1 Å². The minimum atomic E-state index is -0.0434. The van der Waals surface area contributed by atoms with Gasteiger partial charge in [-0.1, -0.05) is 30.3 Å². The van der Waals surface area contributed by atoms with Crippen LogP contribution in [0.2, 0.25) is 0 Å². The Hall–Kier alpha value is -3.54. The first-order valence-corrected chi connectivity index (χ1v) is 11.4. The lowest BCUT2D eigenvalue weighted by atomic mass is 9.99. The number of ketones is 1. The molecule has 6 heteroatoms. The van der Waals surface area contributed by atoms with Gasteiger partial charge in [-0.3, -0.25) is 4.79 Å². The molecule has 2 aromatic carbocycles. The molecule has 0 unspecified atom stereocenters. The molecule has 0 amide bonds. The number of imidazole rings is 1. The van der Waals surface area contributed by atoms with E-state index in [4.69, 9.17) is 13.9 Å². The van der Waals surface area contributed by atoms with E-state index in [1.807, 2.05) is 48.3 Å². The number of unbranched alkanes of at least 4 members (excludes halogenated alkanes) is 1. The van der Waals surface area contributed by atoms with E-state index in [1.54, 1.807) is 19.4 Å². The number of nitrogens with zero attached hydrogens (tertiary/aromatic N) is 2. The Morgan fingerprint density at radius 2 is 1.82 bits per heavy atom. The molecule has 0 aliphatic carbocycles. The zero-order valence-electron chi connectivity index (χ0n) is 19.3. The summed E-state index contributed by atoms with van der Waals surface area (Å²) in [4.78, 5) is 16.7. The van der Waals surface area contributed by atoms with Crippen LogP contribution in [0.5, 0.6) is 11.5 Å². The van der Waals surface area contributed by atoms with Gasteiger partial charge >= 0.3 is 0 Å². The first-order valence-electron chi connectivity index (χ1n) is 11.4. The molecule has 0 N–H and O–H groups in total. The van der Waals surface area contributed by atoms with E-state index in [1.165, 1.54) is 5.56 Å². The number of hydrogen-bond donors (Lipinski definition) is 0. The number of aromatic nitrogens is 2. The fraction of sp³-hybridized carbons (Fsp3) is 0.333. The summed E-state index contributed by atoms with van der Waals surface area (Å²) in [6.07, 6.45) is 10.7. The van der Waals surface area contributed by atoms with Gasteiger partial charge in [0.1, 0.15) is 0 Å². The minimum Gasteiger partial charge on any atom is -0.489 e. The fourth-order valence-corrected chi connectivity index (χ4v) is 4.08. The average Bonchev–Trinajstić information content (AvgIpc) is 3.51. The number of Topliss-reactive ketones (excluding diaryl/α,β-unsaturated/α-hetero) is 1. The maximum absolute atomic E-state index is 12.6. The van der Waals surface area contributed by atoms with Gasteiger partial charge in [0.05, 0.1) is 31.4 Å². The smallest absolute Gasteiger partial charge is 0.205 e. The third-order valence-corrected chi connectivity index (χ3v) is 5.75. The van der Waals surface area contributed by atoms with E-state index in [0.717, 1.165) is 43.2 Å². The van der Waals surface area contributed by atoms with Crippen LogP contribution in [-0.4, -0.2) is 28.5 Å². The van der Waals surface area contributed by atoms with Crippen molar-refractivity contribution in [2.24, 2.45) is 0 Å². The standard InChI is InChI=1S/C27H30N2O4/c1-20-23-12-18-33-25(23)27(32-17-8-11-22-9-4-3-5-10-22)26(24(20)21(2)30)31-16-7-6-14-29-15-13-28-19-29/h3-5,9-10,12-13,15,18-19H,6-8,11,14,16-17H2,1-2H3. The number of ether oxygens (including phenoxy) is 2. The molecule has 172 valence electrons. The molecule has 6 nitrogen and oxygen atoms in total. The van der Waals surface area contributed by atoms with Gasteiger partial charge in [0.2, 0.25) is 5.75 Å². The number of hydrogen-bond acceptors (Lipinski definition) is 5. The molecule has 0 atom stereocenters. The largest absolute Gasteiger partial charge is 0.489 e. The van der Waals surface area contributed by atoms with E-state index in [-0.39, 0.29) is 5.78 Å². The van der Waals surface area contributed by atoms with Crippen LogP contribution >= 0.6 is 0 Å².